The van der Waals surface area contributed by atoms with E-state index < -0.39 is 27.9 Å². The molecule has 0 spiro atoms. The normalized spacial score (nSPS) is 17.4. The standard InChI is InChI=1S/C27H27F3N6O3S/c1-18-4-10-22(11-5-18)40(38,39)36-14-12-23-25(31-17-32-26(23)36)34-21-3-2-13-35(15-21)24(16-37)33-20-8-6-19(7-9-20)27(28,29)30/h4-12,14,16-17,21,24,33H,2-3,13,15H2,1H3,(H,31,32,34)/t21?,24-/m0/s1. The summed E-state index contributed by atoms with van der Waals surface area (Å²) in [5.74, 6) is 0.466. The van der Waals surface area contributed by atoms with Gasteiger partial charge < -0.3 is 10.6 Å². The lowest BCUT2D eigenvalue weighted by atomic mass is 10.0. The quantitative estimate of drug-likeness (QED) is 0.297. The highest BCUT2D eigenvalue weighted by molar-refractivity contribution is 7.90. The predicted octanol–water partition coefficient (Wildman–Crippen LogP) is 4.51. The Labute approximate surface area is 229 Å². The van der Waals surface area contributed by atoms with E-state index in [4.69, 9.17) is 0 Å². The lowest BCUT2D eigenvalue weighted by molar-refractivity contribution is -0.137. The first-order chi connectivity index (χ1) is 19.1. The largest absolute Gasteiger partial charge is 0.416 e. The average molecular weight is 573 g/mol. The van der Waals surface area contributed by atoms with Crippen LogP contribution in [0.5, 0.6) is 0 Å². The van der Waals surface area contributed by atoms with Crippen molar-refractivity contribution < 1.29 is 26.4 Å². The van der Waals surface area contributed by atoms with Crippen molar-refractivity contribution in [3.05, 3.63) is 78.2 Å². The van der Waals surface area contributed by atoms with Crippen LogP contribution in [0.4, 0.5) is 24.7 Å². The number of fused-ring (bicyclic) bond motifs is 1. The van der Waals surface area contributed by atoms with Gasteiger partial charge in [0.15, 0.2) is 11.9 Å². The van der Waals surface area contributed by atoms with E-state index in [9.17, 15) is 26.4 Å². The third kappa shape index (κ3) is 5.65. The van der Waals surface area contributed by atoms with Crippen LogP contribution in [0.15, 0.2) is 72.0 Å². The number of likely N-dealkylation sites (tertiary alicyclic amines) is 1. The SMILES string of the molecule is Cc1ccc(S(=O)(=O)n2ccc3c(NC4CCCN([C@@H](C=O)Nc5ccc(C(F)(F)F)cc5)C4)ncnc32)cc1. The number of carbonyl (C=O) groups is 1. The number of piperidine rings is 1. The van der Waals surface area contributed by atoms with E-state index in [0.717, 1.165) is 40.8 Å². The van der Waals surface area contributed by atoms with Gasteiger partial charge in [-0.05, 0) is 62.2 Å². The van der Waals surface area contributed by atoms with Crippen LogP contribution in [0.25, 0.3) is 11.0 Å². The third-order valence-electron chi connectivity index (χ3n) is 6.87. The molecule has 0 aliphatic carbocycles. The molecule has 1 aliphatic heterocycles. The van der Waals surface area contributed by atoms with Gasteiger partial charge in [0.1, 0.15) is 18.3 Å². The highest BCUT2D eigenvalue weighted by atomic mass is 32.2. The molecular formula is C27H27F3N6O3S. The number of rotatable bonds is 8. The minimum Gasteiger partial charge on any atom is -0.365 e. The van der Waals surface area contributed by atoms with Gasteiger partial charge in [0.05, 0.1) is 15.8 Å². The van der Waals surface area contributed by atoms with Gasteiger partial charge in [-0.15, -0.1) is 0 Å². The van der Waals surface area contributed by atoms with Crippen molar-refractivity contribution in [2.45, 2.75) is 43.0 Å². The van der Waals surface area contributed by atoms with Crippen LogP contribution in [0, 0.1) is 6.92 Å². The van der Waals surface area contributed by atoms with E-state index in [1.165, 1.54) is 24.7 Å². The zero-order valence-corrected chi connectivity index (χ0v) is 22.3. The molecule has 3 heterocycles. The summed E-state index contributed by atoms with van der Waals surface area (Å²) in [5.41, 5.74) is 0.812. The number of carbonyl (C=O) groups excluding carboxylic acids is 1. The van der Waals surface area contributed by atoms with Gasteiger partial charge in [-0.3, -0.25) is 9.69 Å². The minimum absolute atomic E-state index is 0.124. The molecule has 2 aromatic carbocycles. The average Bonchev–Trinajstić information content (AvgIpc) is 3.38. The molecule has 1 aliphatic rings. The summed E-state index contributed by atoms with van der Waals surface area (Å²) in [4.78, 5) is 22.5. The number of hydrogen-bond acceptors (Lipinski definition) is 8. The summed E-state index contributed by atoms with van der Waals surface area (Å²) in [6.45, 7) is 2.94. The molecule has 13 heteroatoms. The first-order valence-corrected chi connectivity index (χ1v) is 14.0. The Kier molecular flexibility index (Phi) is 7.51. The molecule has 9 nitrogen and oxygen atoms in total. The van der Waals surface area contributed by atoms with Crippen molar-refractivity contribution in [3.63, 3.8) is 0 Å². The molecule has 1 fully saturated rings. The summed E-state index contributed by atoms with van der Waals surface area (Å²) in [7, 11) is -3.87. The first kappa shape index (κ1) is 27.6. The van der Waals surface area contributed by atoms with Crippen LogP contribution < -0.4 is 10.6 Å². The predicted molar refractivity (Wildman–Crippen MR) is 144 cm³/mol. The van der Waals surface area contributed by atoms with Crippen molar-refractivity contribution in [3.8, 4) is 0 Å². The second kappa shape index (κ2) is 10.9. The van der Waals surface area contributed by atoms with E-state index in [2.05, 4.69) is 20.6 Å². The lowest BCUT2D eigenvalue weighted by Gasteiger charge is -2.37. The van der Waals surface area contributed by atoms with Gasteiger partial charge >= 0.3 is 6.18 Å². The van der Waals surface area contributed by atoms with E-state index in [1.54, 1.807) is 30.3 Å². The molecule has 5 rings (SSSR count). The number of anilines is 2. The summed E-state index contributed by atoms with van der Waals surface area (Å²) < 4.78 is 66.3. The van der Waals surface area contributed by atoms with Gasteiger partial charge in [-0.1, -0.05) is 17.7 Å². The molecule has 0 amide bonds. The maximum atomic E-state index is 13.3. The van der Waals surface area contributed by atoms with Crippen LogP contribution in [-0.2, 0) is 21.0 Å². The number of aromatic nitrogens is 3. The third-order valence-corrected chi connectivity index (χ3v) is 8.55. The Hall–Kier alpha value is -3.97. The highest BCUT2D eigenvalue weighted by Crippen LogP contribution is 2.30. The molecule has 40 heavy (non-hydrogen) atoms. The molecule has 2 N–H and O–H groups in total. The molecule has 2 aromatic heterocycles. The lowest BCUT2D eigenvalue weighted by Crippen LogP contribution is -2.50. The molecule has 0 radical (unpaired) electrons. The number of benzene rings is 2. The van der Waals surface area contributed by atoms with Crippen LogP contribution >= 0.6 is 0 Å². The Morgan fingerprint density at radius 3 is 2.45 bits per heavy atom. The maximum Gasteiger partial charge on any atom is 0.416 e. The fourth-order valence-corrected chi connectivity index (χ4v) is 6.07. The van der Waals surface area contributed by atoms with Crippen LogP contribution in [-0.4, -0.2) is 58.8 Å². The summed E-state index contributed by atoms with van der Waals surface area (Å²) >= 11 is 0. The number of nitrogens with one attached hydrogen (secondary N) is 2. The van der Waals surface area contributed by atoms with Crippen molar-refractivity contribution in [1.29, 1.82) is 0 Å². The number of alkyl halides is 3. The molecule has 1 unspecified atom stereocenters. The first-order valence-electron chi connectivity index (χ1n) is 12.6. The van der Waals surface area contributed by atoms with Gasteiger partial charge in [-0.2, -0.15) is 13.2 Å². The Morgan fingerprint density at radius 2 is 1.77 bits per heavy atom. The zero-order valence-electron chi connectivity index (χ0n) is 21.5. The topological polar surface area (TPSA) is 109 Å². The highest BCUT2D eigenvalue weighted by Gasteiger charge is 2.31. The van der Waals surface area contributed by atoms with Crippen molar-refractivity contribution >= 4 is 38.8 Å². The Morgan fingerprint density at radius 1 is 1.05 bits per heavy atom. The van der Waals surface area contributed by atoms with Crippen molar-refractivity contribution in [2.75, 3.05) is 23.7 Å². The number of aryl methyl sites for hydroxylation is 1. The number of nitrogens with zero attached hydrogens (tertiary/aromatic N) is 4. The Bertz CT molecular complexity index is 1610. The smallest absolute Gasteiger partial charge is 0.365 e. The van der Waals surface area contributed by atoms with Crippen molar-refractivity contribution in [2.24, 2.45) is 0 Å². The summed E-state index contributed by atoms with van der Waals surface area (Å²) in [5, 5.41) is 6.89. The minimum atomic E-state index is -4.44. The maximum absolute atomic E-state index is 13.3. The second-order valence-electron chi connectivity index (χ2n) is 9.67. The monoisotopic (exact) mass is 572 g/mol. The molecule has 0 bridgehead atoms. The van der Waals surface area contributed by atoms with E-state index in [-0.39, 0.29) is 16.6 Å². The van der Waals surface area contributed by atoms with Gasteiger partial charge in [-0.25, -0.2) is 22.4 Å². The van der Waals surface area contributed by atoms with Gasteiger partial charge in [0.25, 0.3) is 10.0 Å². The number of aldehydes is 1. The molecule has 4 aromatic rings. The van der Waals surface area contributed by atoms with E-state index in [1.807, 2.05) is 11.8 Å². The fourth-order valence-electron chi connectivity index (χ4n) is 4.77. The van der Waals surface area contributed by atoms with Crippen LogP contribution in [0.2, 0.25) is 0 Å². The molecule has 1 saturated heterocycles. The van der Waals surface area contributed by atoms with Gasteiger partial charge in [0.2, 0.25) is 0 Å². The van der Waals surface area contributed by atoms with Crippen LogP contribution in [0.1, 0.15) is 24.0 Å². The number of halogens is 3. The number of hydrogen-bond donors (Lipinski definition) is 2. The van der Waals surface area contributed by atoms with E-state index in [0.29, 0.717) is 30.0 Å². The van der Waals surface area contributed by atoms with Gasteiger partial charge in [0, 0.05) is 31.0 Å². The molecule has 2 atom stereocenters. The molecular weight excluding hydrogens is 545 g/mol. The Balaban J connectivity index is 1.31. The fraction of sp³-hybridized carbons (Fsp3) is 0.296. The molecule has 210 valence electrons. The molecule has 0 saturated carbocycles. The summed E-state index contributed by atoms with van der Waals surface area (Å²) in [6.07, 6.45) is -0.182. The van der Waals surface area contributed by atoms with Crippen LogP contribution in [0.3, 0.4) is 0 Å². The summed E-state index contributed by atoms with van der Waals surface area (Å²) in [6, 6.07) is 12.6. The van der Waals surface area contributed by atoms with E-state index >= 15 is 0 Å². The second-order valence-corrected chi connectivity index (χ2v) is 11.5. The zero-order chi connectivity index (χ0) is 28.5. The van der Waals surface area contributed by atoms with Crippen molar-refractivity contribution in [1.82, 2.24) is 18.8 Å².